The van der Waals surface area contributed by atoms with Crippen LogP contribution in [0.1, 0.15) is 54.4 Å². The van der Waals surface area contributed by atoms with E-state index in [-0.39, 0.29) is 11.9 Å². The third-order valence-corrected chi connectivity index (χ3v) is 2.36. The van der Waals surface area contributed by atoms with Gasteiger partial charge in [-0.15, -0.1) is 0 Å². The maximum Gasteiger partial charge on any atom is 0.323 e. The molecule has 0 spiro atoms. The number of rotatable bonds is 7. The van der Waals surface area contributed by atoms with Gasteiger partial charge in [0.25, 0.3) is 0 Å². The second-order valence-electron chi connectivity index (χ2n) is 5.52. The van der Waals surface area contributed by atoms with Crippen LogP contribution in [0.15, 0.2) is 0 Å². The van der Waals surface area contributed by atoms with Crippen LogP contribution in [0.2, 0.25) is 0 Å². The van der Waals surface area contributed by atoms with E-state index in [1.165, 1.54) is 0 Å². The van der Waals surface area contributed by atoms with E-state index in [2.05, 4.69) is 5.32 Å². The molecule has 0 amide bonds. The molecular weight excluding hydrogens is 246 g/mol. The van der Waals surface area contributed by atoms with E-state index >= 15 is 0 Å². The van der Waals surface area contributed by atoms with Crippen LogP contribution in [0.4, 0.5) is 0 Å². The monoisotopic (exact) mass is 273 g/mol. The predicted octanol–water partition coefficient (Wildman–Crippen LogP) is 2.04. The minimum atomic E-state index is -0.541. The minimum absolute atomic E-state index is 0.320. The van der Waals surface area contributed by atoms with E-state index < -0.39 is 17.7 Å². The molecule has 112 valence electrons. The highest BCUT2D eigenvalue weighted by Gasteiger charge is 2.27. The summed E-state index contributed by atoms with van der Waals surface area (Å²) in [6, 6.07) is -1.01. The smallest absolute Gasteiger partial charge is 0.323 e. The molecule has 0 heterocycles. The fourth-order valence-corrected chi connectivity index (χ4v) is 1.56. The molecule has 0 bridgehead atoms. The highest BCUT2D eigenvalue weighted by atomic mass is 16.6. The van der Waals surface area contributed by atoms with Gasteiger partial charge in [-0.25, -0.2) is 0 Å². The fraction of sp³-hybridized carbons (Fsp3) is 0.857. The lowest BCUT2D eigenvalue weighted by Crippen LogP contribution is -2.48. The van der Waals surface area contributed by atoms with E-state index in [0.717, 1.165) is 6.42 Å². The molecule has 5 nitrogen and oxygen atoms in total. The fourth-order valence-electron chi connectivity index (χ4n) is 1.56. The molecule has 0 fully saturated rings. The Bertz CT molecular complexity index is 296. The number of hydrogen-bond acceptors (Lipinski definition) is 5. The van der Waals surface area contributed by atoms with Crippen LogP contribution in [0, 0.1) is 0 Å². The SMILES string of the molecule is CCC[C@H](N[C@@H](C)C(=O)OC(C)(C)C)C(=O)OCC. The number of carbonyl (C=O) groups is 2. The van der Waals surface area contributed by atoms with Crippen LogP contribution in [-0.4, -0.2) is 36.2 Å². The first-order chi connectivity index (χ1) is 8.71. The molecule has 5 heteroatoms. The highest BCUT2D eigenvalue weighted by molar-refractivity contribution is 5.79. The Balaban J connectivity index is 4.49. The van der Waals surface area contributed by atoms with E-state index in [1.807, 2.05) is 27.7 Å². The maximum atomic E-state index is 11.8. The van der Waals surface area contributed by atoms with Gasteiger partial charge >= 0.3 is 11.9 Å². The van der Waals surface area contributed by atoms with Gasteiger partial charge in [0.1, 0.15) is 17.7 Å². The molecule has 0 rings (SSSR count). The topological polar surface area (TPSA) is 64.6 Å². The van der Waals surface area contributed by atoms with Crippen molar-refractivity contribution in [1.82, 2.24) is 5.32 Å². The molecule has 0 aromatic rings. The standard InChI is InChI=1S/C14H27NO4/c1-7-9-11(13(17)18-8-2)15-10(3)12(16)19-14(4,5)6/h10-11,15H,7-9H2,1-6H3/t10-,11-/m0/s1. The molecule has 0 aliphatic carbocycles. The Kier molecular flexibility index (Phi) is 7.68. The second-order valence-corrected chi connectivity index (χ2v) is 5.52. The average molecular weight is 273 g/mol. The van der Waals surface area contributed by atoms with E-state index in [0.29, 0.717) is 13.0 Å². The number of hydrogen-bond donors (Lipinski definition) is 1. The molecule has 2 atom stereocenters. The molecule has 0 saturated heterocycles. The number of ether oxygens (including phenoxy) is 2. The zero-order valence-corrected chi connectivity index (χ0v) is 12.9. The summed E-state index contributed by atoms with van der Waals surface area (Å²) in [6.07, 6.45) is 1.46. The first kappa shape index (κ1) is 17.9. The summed E-state index contributed by atoms with van der Waals surface area (Å²) in [6.45, 7) is 11.2. The van der Waals surface area contributed by atoms with Gasteiger partial charge in [-0.3, -0.25) is 14.9 Å². The highest BCUT2D eigenvalue weighted by Crippen LogP contribution is 2.09. The van der Waals surface area contributed by atoms with Crippen LogP contribution in [0.3, 0.4) is 0 Å². The zero-order valence-electron chi connectivity index (χ0n) is 12.9. The van der Waals surface area contributed by atoms with E-state index in [1.54, 1.807) is 13.8 Å². The van der Waals surface area contributed by atoms with Crippen molar-refractivity contribution in [3.63, 3.8) is 0 Å². The maximum absolute atomic E-state index is 11.8. The molecule has 0 aromatic carbocycles. The third kappa shape index (κ3) is 7.82. The van der Waals surface area contributed by atoms with Gasteiger partial charge in [-0.1, -0.05) is 13.3 Å². The predicted molar refractivity (Wildman–Crippen MR) is 73.8 cm³/mol. The third-order valence-electron chi connectivity index (χ3n) is 2.36. The first-order valence-corrected chi connectivity index (χ1v) is 6.86. The minimum Gasteiger partial charge on any atom is -0.465 e. The largest absolute Gasteiger partial charge is 0.465 e. The number of nitrogens with one attached hydrogen (secondary N) is 1. The molecule has 0 aliphatic heterocycles. The van der Waals surface area contributed by atoms with Crippen molar-refractivity contribution >= 4 is 11.9 Å². The van der Waals surface area contributed by atoms with Crippen molar-refractivity contribution in [2.75, 3.05) is 6.61 Å². The van der Waals surface area contributed by atoms with Crippen molar-refractivity contribution in [2.45, 2.75) is 72.1 Å². The van der Waals surface area contributed by atoms with E-state index in [9.17, 15) is 9.59 Å². The Hall–Kier alpha value is -1.10. The van der Waals surface area contributed by atoms with Crippen LogP contribution < -0.4 is 5.32 Å². The van der Waals surface area contributed by atoms with E-state index in [4.69, 9.17) is 9.47 Å². The summed E-state index contributed by atoms with van der Waals surface area (Å²) in [4.78, 5) is 23.6. The van der Waals surface area contributed by atoms with Crippen molar-refractivity contribution in [2.24, 2.45) is 0 Å². The van der Waals surface area contributed by atoms with Crippen molar-refractivity contribution in [1.29, 1.82) is 0 Å². The van der Waals surface area contributed by atoms with Gasteiger partial charge in [0.15, 0.2) is 0 Å². The van der Waals surface area contributed by atoms with Crippen LogP contribution >= 0.6 is 0 Å². The van der Waals surface area contributed by atoms with Gasteiger partial charge in [-0.2, -0.15) is 0 Å². The molecule has 0 aliphatic rings. The second kappa shape index (κ2) is 8.15. The van der Waals surface area contributed by atoms with Gasteiger partial charge in [-0.05, 0) is 41.0 Å². The number of carbonyl (C=O) groups excluding carboxylic acids is 2. The summed E-state index contributed by atoms with van der Waals surface area (Å²) in [5.41, 5.74) is -0.531. The lowest BCUT2D eigenvalue weighted by atomic mass is 10.1. The zero-order chi connectivity index (χ0) is 15.1. The molecule has 0 radical (unpaired) electrons. The summed E-state index contributed by atoms with van der Waals surface area (Å²) in [5, 5.41) is 2.98. The normalized spacial score (nSPS) is 14.6. The van der Waals surface area contributed by atoms with Gasteiger partial charge in [0.05, 0.1) is 6.61 Å². The van der Waals surface area contributed by atoms with Crippen LogP contribution in [-0.2, 0) is 19.1 Å². The summed E-state index contributed by atoms with van der Waals surface area (Å²) in [5.74, 6) is -0.683. The summed E-state index contributed by atoms with van der Waals surface area (Å²) in [7, 11) is 0. The van der Waals surface area contributed by atoms with Crippen molar-refractivity contribution in [3.05, 3.63) is 0 Å². The Morgan fingerprint density at radius 3 is 2.16 bits per heavy atom. The van der Waals surface area contributed by atoms with Crippen molar-refractivity contribution in [3.8, 4) is 0 Å². The number of esters is 2. The molecule has 19 heavy (non-hydrogen) atoms. The van der Waals surface area contributed by atoms with Gasteiger partial charge in [0, 0.05) is 0 Å². The lowest BCUT2D eigenvalue weighted by Gasteiger charge is -2.25. The lowest BCUT2D eigenvalue weighted by molar-refractivity contribution is -0.157. The first-order valence-electron chi connectivity index (χ1n) is 6.86. The quantitative estimate of drug-likeness (QED) is 0.719. The summed E-state index contributed by atoms with van der Waals surface area (Å²) < 4.78 is 10.2. The molecule has 0 aromatic heterocycles. The Morgan fingerprint density at radius 2 is 1.74 bits per heavy atom. The molecule has 0 saturated carbocycles. The van der Waals surface area contributed by atoms with Crippen LogP contribution in [0.25, 0.3) is 0 Å². The van der Waals surface area contributed by atoms with Crippen molar-refractivity contribution < 1.29 is 19.1 Å². The van der Waals surface area contributed by atoms with Gasteiger partial charge < -0.3 is 9.47 Å². The Labute approximate surface area is 116 Å². The summed E-state index contributed by atoms with van der Waals surface area (Å²) >= 11 is 0. The van der Waals surface area contributed by atoms with Gasteiger partial charge in [0.2, 0.25) is 0 Å². The molecule has 1 N–H and O–H groups in total. The average Bonchev–Trinajstić information content (AvgIpc) is 2.26. The molecule has 0 unspecified atom stereocenters. The molecular formula is C14H27NO4. The Morgan fingerprint density at radius 1 is 1.16 bits per heavy atom. The van der Waals surface area contributed by atoms with Crippen LogP contribution in [0.5, 0.6) is 0 Å².